The predicted octanol–water partition coefficient (Wildman–Crippen LogP) is 2.92. The van der Waals surface area contributed by atoms with Gasteiger partial charge >= 0.3 is 0 Å². The molecule has 9 heteroatoms. The lowest BCUT2D eigenvalue weighted by Gasteiger charge is -2.44. The molecule has 2 heterocycles. The van der Waals surface area contributed by atoms with Crippen molar-refractivity contribution in [1.82, 2.24) is 10.2 Å². The first kappa shape index (κ1) is 24.7. The van der Waals surface area contributed by atoms with Crippen molar-refractivity contribution in [2.24, 2.45) is 0 Å². The number of fused-ring (bicyclic) bond motifs is 1. The summed E-state index contributed by atoms with van der Waals surface area (Å²) in [5, 5.41) is 13.1. The van der Waals surface area contributed by atoms with E-state index in [1.165, 1.54) is 18.2 Å². The highest BCUT2D eigenvalue weighted by molar-refractivity contribution is 5.76. The average Bonchev–Trinajstić information content (AvgIpc) is 2.80. The van der Waals surface area contributed by atoms with Crippen LogP contribution in [-0.2, 0) is 27.4 Å². The second kappa shape index (κ2) is 11.3. The smallest absolute Gasteiger partial charge is 0.222 e. The lowest BCUT2D eigenvalue weighted by molar-refractivity contribution is -0.158. The molecule has 4 rings (SSSR count). The van der Waals surface area contributed by atoms with Gasteiger partial charge in [0, 0.05) is 31.2 Å². The van der Waals surface area contributed by atoms with E-state index in [4.69, 9.17) is 9.47 Å². The van der Waals surface area contributed by atoms with E-state index >= 15 is 0 Å². The number of amides is 1. The fourth-order valence-corrected chi connectivity index (χ4v) is 4.59. The van der Waals surface area contributed by atoms with Crippen molar-refractivity contribution in [3.8, 4) is 0 Å². The molecule has 0 saturated carbocycles. The molecule has 0 spiro atoms. The summed E-state index contributed by atoms with van der Waals surface area (Å²) in [6, 6.07) is 9.11. The van der Waals surface area contributed by atoms with Gasteiger partial charge in [-0.3, -0.25) is 9.69 Å². The number of aliphatic hydroxyl groups is 1. The van der Waals surface area contributed by atoms with Gasteiger partial charge in [-0.05, 0) is 48.7 Å². The lowest BCUT2D eigenvalue weighted by atomic mass is 9.94. The predicted molar refractivity (Wildman–Crippen MR) is 118 cm³/mol. The number of nitrogens with zero attached hydrogens (tertiary/aromatic N) is 1. The Morgan fingerprint density at radius 3 is 2.62 bits per heavy atom. The monoisotopic (exact) mass is 478 g/mol. The zero-order chi connectivity index (χ0) is 24.1. The highest BCUT2D eigenvalue weighted by Gasteiger charge is 2.38. The van der Waals surface area contributed by atoms with Crippen molar-refractivity contribution >= 4 is 5.91 Å². The molecule has 0 radical (unpaired) electrons. The second-order valence-corrected chi connectivity index (χ2v) is 8.91. The zero-order valence-corrected chi connectivity index (χ0v) is 18.8. The van der Waals surface area contributed by atoms with Gasteiger partial charge in [0.15, 0.2) is 0 Å². The summed E-state index contributed by atoms with van der Waals surface area (Å²) >= 11 is 0. The summed E-state index contributed by atoms with van der Waals surface area (Å²) in [4.78, 5) is 14.4. The Bertz CT molecular complexity index is 975. The van der Waals surface area contributed by atoms with Crippen LogP contribution in [0.2, 0.25) is 0 Å². The number of β-amino-alcohol motifs (C(OH)–C–C–N with tert-alkyl or cyclic N) is 1. The molecule has 2 aromatic carbocycles. The van der Waals surface area contributed by atoms with E-state index in [1.807, 2.05) is 4.90 Å². The molecule has 0 aliphatic carbocycles. The SMILES string of the molecule is O=C(C[C@@H]1CC[C@H]2[C@@H](COC[C@H](O)CN2Cc2cc(F)ccc2F)O1)NCc1ccc(F)cc1. The van der Waals surface area contributed by atoms with Gasteiger partial charge in [0.1, 0.15) is 17.5 Å². The summed E-state index contributed by atoms with van der Waals surface area (Å²) in [6.45, 7) is 1.01. The van der Waals surface area contributed by atoms with Gasteiger partial charge < -0.3 is 19.9 Å². The van der Waals surface area contributed by atoms with E-state index in [1.54, 1.807) is 12.1 Å². The van der Waals surface area contributed by atoms with Crippen molar-refractivity contribution in [3.63, 3.8) is 0 Å². The van der Waals surface area contributed by atoms with Gasteiger partial charge in [0.25, 0.3) is 0 Å². The molecular formula is C25H29F3N2O4. The molecule has 2 aliphatic heterocycles. The minimum atomic E-state index is -0.757. The van der Waals surface area contributed by atoms with Crippen molar-refractivity contribution in [1.29, 1.82) is 0 Å². The van der Waals surface area contributed by atoms with Crippen LogP contribution in [0.1, 0.15) is 30.4 Å². The molecule has 0 unspecified atom stereocenters. The van der Waals surface area contributed by atoms with Crippen LogP contribution in [0.4, 0.5) is 13.2 Å². The maximum Gasteiger partial charge on any atom is 0.222 e. The minimum Gasteiger partial charge on any atom is -0.389 e. The quantitative estimate of drug-likeness (QED) is 0.668. The molecule has 2 aromatic rings. The summed E-state index contributed by atoms with van der Waals surface area (Å²) in [5.41, 5.74) is 1.02. The Morgan fingerprint density at radius 1 is 1.06 bits per heavy atom. The van der Waals surface area contributed by atoms with E-state index in [9.17, 15) is 23.1 Å². The third-order valence-corrected chi connectivity index (χ3v) is 6.28. The summed E-state index contributed by atoms with van der Waals surface area (Å²) in [6.07, 6.45) is -0.00169. The Morgan fingerprint density at radius 2 is 1.82 bits per heavy atom. The van der Waals surface area contributed by atoms with Crippen LogP contribution in [-0.4, -0.2) is 60.0 Å². The number of rotatable bonds is 6. The molecule has 0 aromatic heterocycles. The number of nitrogens with one attached hydrogen (secondary N) is 1. The van der Waals surface area contributed by atoms with Crippen LogP contribution in [0.25, 0.3) is 0 Å². The molecule has 0 bridgehead atoms. The van der Waals surface area contributed by atoms with Crippen LogP contribution in [0.5, 0.6) is 0 Å². The standard InChI is InChI=1S/C25H29F3N2O4/c26-18-3-1-16(2-4-18)11-29-25(32)10-21-6-8-23-24(34-21)15-33-14-20(31)13-30(23)12-17-9-19(27)5-7-22(17)28/h1-5,7,9,20-21,23-24,31H,6,8,10-15H2,(H,29,32)/t20-,21+,23+,24-/m1/s1. The molecule has 184 valence electrons. The summed E-state index contributed by atoms with van der Waals surface area (Å²) in [7, 11) is 0. The number of carbonyl (C=O) groups excluding carboxylic acids is 1. The topological polar surface area (TPSA) is 71.0 Å². The summed E-state index contributed by atoms with van der Waals surface area (Å²) in [5.74, 6) is -1.52. The molecular weight excluding hydrogens is 449 g/mol. The molecule has 2 aliphatic rings. The Hall–Kier alpha value is -2.46. The first-order valence-corrected chi connectivity index (χ1v) is 11.5. The fraction of sp³-hybridized carbons (Fsp3) is 0.480. The van der Waals surface area contributed by atoms with Crippen LogP contribution in [0, 0.1) is 17.5 Å². The molecule has 6 nitrogen and oxygen atoms in total. The van der Waals surface area contributed by atoms with Gasteiger partial charge in [-0.15, -0.1) is 0 Å². The number of ether oxygens (including phenoxy) is 2. The number of halogens is 3. The van der Waals surface area contributed by atoms with Gasteiger partial charge in [0.2, 0.25) is 5.91 Å². The summed E-state index contributed by atoms with van der Waals surface area (Å²) < 4.78 is 52.8. The largest absolute Gasteiger partial charge is 0.389 e. The van der Waals surface area contributed by atoms with Crippen LogP contribution in [0.3, 0.4) is 0 Å². The Kier molecular flexibility index (Phi) is 8.20. The molecule has 34 heavy (non-hydrogen) atoms. The Balaban J connectivity index is 1.36. The van der Waals surface area contributed by atoms with E-state index < -0.39 is 17.7 Å². The number of hydrogen-bond donors (Lipinski definition) is 2. The van der Waals surface area contributed by atoms with Crippen LogP contribution < -0.4 is 5.32 Å². The van der Waals surface area contributed by atoms with Gasteiger partial charge in [0.05, 0.1) is 37.9 Å². The number of aliphatic hydroxyl groups excluding tert-OH is 1. The normalized spacial score (nSPS) is 25.8. The van der Waals surface area contributed by atoms with Crippen LogP contribution >= 0.6 is 0 Å². The number of benzene rings is 2. The highest BCUT2D eigenvalue weighted by Crippen LogP contribution is 2.29. The fourth-order valence-electron chi connectivity index (χ4n) is 4.59. The van der Waals surface area contributed by atoms with E-state index in [0.717, 1.165) is 17.7 Å². The zero-order valence-electron chi connectivity index (χ0n) is 18.8. The highest BCUT2D eigenvalue weighted by atomic mass is 19.1. The lowest BCUT2D eigenvalue weighted by Crippen LogP contribution is -2.55. The maximum absolute atomic E-state index is 14.3. The molecule has 2 fully saturated rings. The average molecular weight is 479 g/mol. The second-order valence-electron chi connectivity index (χ2n) is 8.91. The van der Waals surface area contributed by atoms with Crippen molar-refractivity contribution in [3.05, 3.63) is 71.0 Å². The third kappa shape index (κ3) is 6.56. The van der Waals surface area contributed by atoms with Gasteiger partial charge in [-0.2, -0.15) is 0 Å². The van der Waals surface area contributed by atoms with Crippen LogP contribution in [0.15, 0.2) is 42.5 Å². The van der Waals surface area contributed by atoms with E-state index in [-0.39, 0.29) is 68.3 Å². The Labute approximate surface area is 196 Å². The van der Waals surface area contributed by atoms with E-state index in [2.05, 4.69) is 5.32 Å². The van der Waals surface area contributed by atoms with Crippen molar-refractivity contribution in [2.45, 2.75) is 56.7 Å². The van der Waals surface area contributed by atoms with Crippen molar-refractivity contribution < 1.29 is 32.5 Å². The molecule has 2 saturated heterocycles. The number of hydrogen-bond acceptors (Lipinski definition) is 5. The first-order valence-electron chi connectivity index (χ1n) is 11.5. The molecule has 1 amide bonds. The molecule has 4 atom stereocenters. The van der Waals surface area contributed by atoms with Gasteiger partial charge in [-0.25, -0.2) is 13.2 Å². The first-order chi connectivity index (χ1) is 16.4. The maximum atomic E-state index is 14.3. The third-order valence-electron chi connectivity index (χ3n) is 6.28. The van der Waals surface area contributed by atoms with Crippen molar-refractivity contribution in [2.75, 3.05) is 19.8 Å². The van der Waals surface area contributed by atoms with E-state index in [0.29, 0.717) is 19.4 Å². The molecule has 2 N–H and O–H groups in total. The van der Waals surface area contributed by atoms with Gasteiger partial charge in [-0.1, -0.05) is 12.1 Å². The minimum absolute atomic E-state index is 0.109. The number of carbonyl (C=O) groups is 1.